The number of benzene rings is 1. The van der Waals surface area contributed by atoms with Gasteiger partial charge < -0.3 is 10.4 Å². The Bertz CT molecular complexity index is 988. The molecule has 0 saturated carbocycles. The topological polar surface area (TPSA) is 124 Å². The normalized spacial score (nSPS) is 21.6. The molecule has 1 unspecified atom stereocenters. The van der Waals surface area contributed by atoms with Crippen molar-refractivity contribution in [3.8, 4) is 5.75 Å². The van der Waals surface area contributed by atoms with Gasteiger partial charge >= 0.3 is 0 Å². The van der Waals surface area contributed by atoms with Crippen molar-refractivity contribution in [3.05, 3.63) is 18.2 Å². The van der Waals surface area contributed by atoms with Crippen LogP contribution in [0.25, 0.3) is 0 Å². The first-order chi connectivity index (χ1) is 14.1. The third-order valence-corrected chi connectivity index (χ3v) is 9.48. The minimum atomic E-state index is -3.69. The van der Waals surface area contributed by atoms with E-state index in [9.17, 15) is 26.7 Å². The zero-order chi connectivity index (χ0) is 21.9. The van der Waals surface area contributed by atoms with Crippen LogP contribution in [0.5, 0.6) is 5.75 Å². The molecule has 0 spiro atoms. The lowest BCUT2D eigenvalue weighted by atomic mass is 9.98. The molecule has 0 radical (unpaired) electrons. The molecule has 2 heterocycles. The molecule has 0 aliphatic carbocycles. The van der Waals surface area contributed by atoms with Crippen molar-refractivity contribution in [1.29, 1.82) is 0 Å². The second kappa shape index (κ2) is 9.21. The van der Waals surface area contributed by atoms with E-state index >= 15 is 0 Å². The van der Waals surface area contributed by atoms with E-state index in [0.717, 1.165) is 12.8 Å². The second-order valence-electron chi connectivity index (χ2n) is 7.79. The fraction of sp³-hybridized carbons (Fsp3) is 0.632. The van der Waals surface area contributed by atoms with E-state index < -0.39 is 31.9 Å². The van der Waals surface area contributed by atoms with E-state index in [1.54, 1.807) is 6.92 Å². The van der Waals surface area contributed by atoms with E-state index in [4.69, 9.17) is 0 Å². The minimum absolute atomic E-state index is 0.00768. The summed E-state index contributed by atoms with van der Waals surface area (Å²) >= 11 is 0. The standard InChI is InChI=1S/C19H29N3O6S2/c1-2-12-29(25,26)22-11-5-6-15(14-22)19(24)20-17-13-16(7-8-18(17)23)30(27,28)21-9-3-4-10-21/h7-8,13,15,23H,2-6,9-12,14H2,1H3,(H,20,24). The lowest BCUT2D eigenvalue weighted by molar-refractivity contribution is -0.120. The van der Waals surface area contributed by atoms with Crippen LogP contribution < -0.4 is 5.32 Å². The van der Waals surface area contributed by atoms with E-state index in [-0.39, 0.29) is 28.6 Å². The van der Waals surface area contributed by atoms with Gasteiger partial charge in [0.1, 0.15) is 5.75 Å². The molecule has 11 heteroatoms. The Hall–Kier alpha value is -1.69. The summed E-state index contributed by atoms with van der Waals surface area (Å²) in [5, 5.41) is 12.7. The van der Waals surface area contributed by atoms with Crippen molar-refractivity contribution in [3.63, 3.8) is 0 Å². The maximum Gasteiger partial charge on any atom is 0.243 e. The number of nitrogens with zero attached hydrogens (tertiary/aromatic N) is 2. The van der Waals surface area contributed by atoms with E-state index in [1.165, 1.54) is 26.8 Å². The molecule has 3 rings (SSSR count). The molecular weight excluding hydrogens is 430 g/mol. The molecule has 1 atom stereocenters. The predicted molar refractivity (Wildman–Crippen MR) is 113 cm³/mol. The van der Waals surface area contributed by atoms with E-state index in [1.807, 2.05) is 0 Å². The highest BCUT2D eigenvalue weighted by Gasteiger charge is 2.33. The monoisotopic (exact) mass is 459 g/mol. The molecule has 1 aromatic carbocycles. The maximum atomic E-state index is 12.8. The van der Waals surface area contributed by atoms with Crippen LogP contribution in [0.15, 0.2) is 23.1 Å². The van der Waals surface area contributed by atoms with Crippen molar-refractivity contribution < 1.29 is 26.7 Å². The molecule has 2 fully saturated rings. The molecule has 168 valence electrons. The Labute approximate surface area is 178 Å². The molecule has 1 amide bonds. The van der Waals surface area contributed by atoms with Crippen molar-refractivity contribution in [1.82, 2.24) is 8.61 Å². The zero-order valence-electron chi connectivity index (χ0n) is 17.1. The highest BCUT2D eigenvalue weighted by Crippen LogP contribution is 2.30. The molecule has 0 aromatic heterocycles. The number of rotatable bonds is 7. The summed E-state index contributed by atoms with van der Waals surface area (Å²) in [6.07, 6.45) is 3.20. The quantitative estimate of drug-likeness (QED) is 0.597. The Balaban J connectivity index is 1.75. The number of aromatic hydroxyl groups is 1. The first-order valence-electron chi connectivity index (χ1n) is 10.3. The summed E-state index contributed by atoms with van der Waals surface area (Å²) in [4.78, 5) is 12.8. The van der Waals surface area contributed by atoms with Gasteiger partial charge in [0.05, 0.1) is 22.3 Å². The SMILES string of the molecule is CCCS(=O)(=O)N1CCCC(C(=O)Nc2cc(S(=O)(=O)N3CCCC3)ccc2O)C1. The van der Waals surface area contributed by atoms with Gasteiger partial charge in [-0.3, -0.25) is 4.79 Å². The molecule has 2 aliphatic heterocycles. The zero-order valence-corrected chi connectivity index (χ0v) is 18.7. The summed E-state index contributed by atoms with van der Waals surface area (Å²) < 4.78 is 52.9. The average molecular weight is 460 g/mol. The largest absolute Gasteiger partial charge is 0.506 e. The number of phenolic OH excluding ortho intramolecular Hbond substituents is 1. The highest BCUT2D eigenvalue weighted by atomic mass is 32.2. The number of nitrogens with one attached hydrogen (secondary N) is 1. The Kier molecular flexibility index (Phi) is 7.05. The molecule has 9 nitrogen and oxygen atoms in total. The number of phenols is 1. The summed E-state index contributed by atoms with van der Waals surface area (Å²) in [6, 6.07) is 3.82. The van der Waals surface area contributed by atoms with Crippen LogP contribution in [0.4, 0.5) is 5.69 Å². The Morgan fingerprint density at radius 2 is 1.77 bits per heavy atom. The first-order valence-corrected chi connectivity index (χ1v) is 13.3. The molecule has 1 aromatic rings. The van der Waals surface area contributed by atoms with Crippen molar-refractivity contribution in [2.45, 2.75) is 43.9 Å². The predicted octanol–water partition coefficient (Wildman–Crippen LogP) is 1.57. The number of carbonyl (C=O) groups is 1. The minimum Gasteiger partial charge on any atom is -0.506 e. The number of hydrogen-bond donors (Lipinski definition) is 2. The third-order valence-electron chi connectivity index (χ3n) is 5.54. The van der Waals surface area contributed by atoms with Gasteiger partial charge in [0.2, 0.25) is 26.0 Å². The molecule has 2 N–H and O–H groups in total. The number of sulfonamides is 2. The smallest absolute Gasteiger partial charge is 0.243 e. The number of piperidine rings is 1. The maximum absolute atomic E-state index is 12.8. The highest BCUT2D eigenvalue weighted by molar-refractivity contribution is 7.89. The Morgan fingerprint density at radius 3 is 2.43 bits per heavy atom. The van der Waals surface area contributed by atoms with Crippen LogP contribution in [0.3, 0.4) is 0 Å². The Morgan fingerprint density at radius 1 is 1.10 bits per heavy atom. The van der Waals surface area contributed by atoms with E-state index in [2.05, 4.69) is 5.32 Å². The summed E-state index contributed by atoms with van der Waals surface area (Å²) in [6.45, 7) is 3.17. The van der Waals surface area contributed by atoms with Gasteiger partial charge in [-0.15, -0.1) is 0 Å². The van der Waals surface area contributed by atoms with Crippen molar-refractivity contribution >= 4 is 31.6 Å². The number of hydrogen-bond acceptors (Lipinski definition) is 6. The lowest BCUT2D eigenvalue weighted by Gasteiger charge is -2.31. The van der Waals surface area contributed by atoms with Gasteiger partial charge in [-0.05, 0) is 50.3 Å². The fourth-order valence-corrected chi connectivity index (χ4v) is 7.02. The van der Waals surface area contributed by atoms with Crippen LogP contribution in [0.1, 0.15) is 39.0 Å². The summed E-state index contributed by atoms with van der Waals surface area (Å²) in [5.41, 5.74) is 0.00816. The number of amides is 1. The van der Waals surface area contributed by atoms with Crippen LogP contribution >= 0.6 is 0 Å². The van der Waals surface area contributed by atoms with E-state index in [0.29, 0.717) is 38.9 Å². The third kappa shape index (κ3) is 4.96. The number of carbonyl (C=O) groups excluding carboxylic acids is 1. The fourth-order valence-electron chi connectivity index (χ4n) is 3.88. The summed E-state index contributed by atoms with van der Waals surface area (Å²) in [5.74, 6) is -1.20. The van der Waals surface area contributed by atoms with Crippen LogP contribution in [-0.2, 0) is 24.8 Å². The molecule has 2 saturated heterocycles. The molecule has 0 bridgehead atoms. The molecular formula is C19H29N3O6S2. The van der Waals surface area contributed by atoms with Gasteiger partial charge in [-0.1, -0.05) is 6.92 Å². The van der Waals surface area contributed by atoms with Crippen LogP contribution in [0, 0.1) is 5.92 Å². The summed E-state index contributed by atoms with van der Waals surface area (Å²) in [7, 11) is -7.09. The van der Waals surface area contributed by atoms with Crippen molar-refractivity contribution in [2.75, 3.05) is 37.2 Å². The number of anilines is 1. The average Bonchev–Trinajstić information content (AvgIpc) is 3.25. The lowest BCUT2D eigenvalue weighted by Crippen LogP contribution is -2.44. The van der Waals surface area contributed by atoms with Gasteiger partial charge in [-0.2, -0.15) is 4.31 Å². The van der Waals surface area contributed by atoms with Gasteiger partial charge in [0.25, 0.3) is 0 Å². The molecule has 30 heavy (non-hydrogen) atoms. The van der Waals surface area contributed by atoms with Gasteiger partial charge in [0.15, 0.2) is 0 Å². The van der Waals surface area contributed by atoms with Crippen LogP contribution in [0.2, 0.25) is 0 Å². The van der Waals surface area contributed by atoms with Crippen LogP contribution in [-0.4, -0.2) is 68.4 Å². The molecule has 2 aliphatic rings. The first kappa shape index (κ1) is 23.0. The van der Waals surface area contributed by atoms with Crippen molar-refractivity contribution in [2.24, 2.45) is 5.92 Å². The second-order valence-corrected chi connectivity index (χ2v) is 11.8. The van der Waals surface area contributed by atoms with Gasteiger partial charge in [-0.25, -0.2) is 21.1 Å². The van der Waals surface area contributed by atoms with Gasteiger partial charge in [0, 0.05) is 26.2 Å².